The van der Waals surface area contributed by atoms with E-state index in [1.807, 2.05) is 0 Å². The van der Waals surface area contributed by atoms with Crippen molar-refractivity contribution in [2.24, 2.45) is 11.7 Å². The standard InChI is InChI=1S/C12H25N3/c1-12(2,13)10-15-7-5-14(6-8-15)9-11-3-4-11/h11H,3-10,13H2,1-2H3. The molecule has 3 heteroatoms. The first-order valence-electron chi connectivity index (χ1n) is 6.26. The summed E-state index contributed by atoms with van der Waals surface area (Å²) in [6, 6.07) is 0. The van der Waals surface area contributed by atoms with Crippen LogP contribution in [-0.2, 0) is 0 Å². The van der Waals surface area contributed by atoms with E-state index in [2.05, 4.69) is 23.6 Å². The second kappa shape index (κ2) is 4.40. The van der Waals surface area contributed by atoms with Gasteiger partial charge in [-0.3, -0.25) is 4.90 Å². The first-order chi connectivity index (χ1) is 7.03. The van der Waals surface area contributed by atoms with Crippen LogP contribution in [0.25, 0.3) is 0 Å². The molecule has 0 unspecified atom stereocenters. The van der Waals surface area contributed by atoms with E-state index in [4.69, 9.17) is 5.73 Å². The molecule has 15 heavy (non-hydrogen) atoms. The number of nitrogens with zero attached hydrogens (tertiary/aromatic N) is 2. The monoisotopic (exact) mass is 211 g/mol. The number of rotatable bonds is 4. The molecule has 0 amide bonds. The van der Waals surface area contributed by atoms with Crippen LogP contribution in [0.5, 0.6) is 0 Å². The predicted molar refractivity (Wildman–Crippen MR) is 63.9 cm³/mol. The summed E-state index contributed by atoms with van der Waals surface area (Å²) >= 11 is 0. The molecule has 0 bridgehead atoms. The Labute approximate surface area is 93.6 Å². The van der Waals surface area contributed by atoms with Crippen LogP contribution in [0.1, 0.15) is 26.7 Å². The lowest BCUT2D eigenvalue weighted by atomic mass is 10.1. The molecule has 0 aromatic rings. The zero-order chi connectivity index (χ0) is 10.9. The van der Waals surface area contributed by atoms with Crippen molar-refractivity contribution in [3.05, 3.63) is 0 Å². The minimum atomic E-state index is -0.0430. The molecule has 1 aliphatic carbocycles. The maximum atomic E-state index is 6.04. The SMILES string of the molecule is CC(C)(N)CN1CCN(CC2CC2)CC1. The quantitative estimate of drug-likeness (QED) is 0.745. The average Bonchev–Trinajstić information content (AvgIpc) is 2.90. The van der Waals surface area contributed by atoms with Gasteiger partial charge in [0.05, 0.1) is 0 Å². The first-order valence-corrected chi connectivity index (χ1v) is 6.26. The summed E-state index contributed by atoms with van der Waals surface area (Å²) in [5.74, 6) is 1.03. The summed E-state index contributed by atoms with van der Waals surface area (Å²) in [6.07, 6.45) is 2.94. The molecule has 0 atom stereocenters. The average molecular weight is 211 g/mol. The van der Waals surface area contributed by atoms with Gasteiger partial charge in [0, 0.05) is 44.8 Å². The third kappa shape index (κ3) is 4.09. The van der Waals surface area contributed by atoms with Gasteiger partial charge in [-0.05, 0) is 32.6 Å². The first kappa shape index (κ1) is 11.4. The van der Waals surface area contributed by atoms with Crippen molar-refractivity contribution < 1.29 is 0 Å². The van der Waals surface area contributed by atoms with E-state index in [-0.39, 0.29) is 5.54 Å². The highest BCUT2D eigenvalue weighted by atomic mass is 15.3. The van der Waals surface area contributed by atoms with E-state index in [1.54, 1.807) is 0 Å². The Morgan fingerprint density at radius 3 is 2.07 bits per heavy atom. The van der Waals surface area contributed by atoms with Crippen LogP contribution in [0.4, 0.5) is 0 Å². The van der Waals surface area contributed by atoms with Crippen molar-refractivity contribution in [1.82, 2.24) is 9.80 Å². The second-order valence-electron chi connectivity index (χ2n) is 6.01. The van der Waals surface area contributed by atoms with Gasteiger partial charge in [-0.15, -0.1) is 0 Å². The van der Waals surface area contributed by atoms with Gasteiger partial charge in [0.15, 0.2) is 0 Å². The van der Waals surface area contributed by atoms with Crippen molar-refractivity contribution in [3.63, 3.8) is 0 Å². The highest BCUT2D eigenvalue weighted by Crippen LogP contribution is 2.29. The summed E-state index contributed by atoms with van der Waals surface area (Å²) in [5.41, 5.74) is 5.99. The molecule has 2 rings (SSSR count). The molecule has 1 saturated heterocycles. The smallest absolute Gasteiger partial charge is 0.0226 e. The highest BCUT2D eigenvalue weighted by molar-refractivity contribution is 4.83. The van der Waals surface area contributed by atoms with Crippen LogP contribution in [-0.4, -0.2) is 54.6 Å². The molecular formula is C12H25N3. The molecule has 3 nitrogen and oxygen atoms in total. The molecule has 88 valence electrons. The Kier molecular flexibility index (Phi) is 3.33. The van der Waals surface area contributed by atoms with Gasteiger partial charge in [0.1, 0.15) is 0 Å². The third-order valence-corrected chi connectivity index (χ3v) is 3.31. The van der Waals surface area contributed by atoms with Gasteiger partial charge in [0.2, 0.25) is 0 Å². The summed E-state index contributed by atoms with van der Waals surface area (Å²) in [4.78, 5) is 5.13. The van der Waals surface area contributed by atoms with Crippen LogP contribution in [0.15, 0.2) is 0 Å². The highest BCUT2D eigenvalue weighted by Gasteiger charge is 2.27. The zero-order valence-electron chi connectivity index (χ0n) is 10.2. The van der Waals surface area contributed by atoms with Crippen molar-refractivity contribution in [1.29, 1.82) is 0 Å². The molecule has 2 N–H and O–H groups in total. The summed E-state index contributed by atoms with van der Waals surface area (Å²) in [7, 11) is 0. The molecule has 2 aliphatic rings. The Morgan fingerprint density at radius 1 is 1.07 bits per heavy atom. The maximum absolute atomic E-state index is 6.04. The van der Waals surface area contributed by atoms with Gasteiger partial charge in [0.25, 0.3) is 0 Å². The van der Waals surface area contributed by atoms with E-state index in [9.17, 15) is 0 Å². The molecule has 1 heterocycles. The van der Waals surface area contributed by atoms with Crippen LogP contribution < -0.4 is 5.73 Å². The minimum Gasteiger partial charge on any atom is -0.324 e. The van der Waals surface area contributed by atoms with Gasteiger partial charge < -0.3 is 10.6 Å². The van der Waals surface area contributed by atoms with E-state index >= 15 is 0 Å². The Hall–Kier alpha value is -0.120. The molecule has 1 saturated carbocycles. The predicted octanol–water partition coefficient (Wildman–Crippen LogP) is 0.751. The van der Waals surface area contributed by atoms with Gasteiger partial charge >= 0.3 is 0 Å². The topological polar surface area (TPSA) is 32.5 Å². The lowest BCUT2D eigenvalue weighted by Crippen LogP contribution is -2.53. The van der Waals surface area contributed by atoms with Gasteiger partial charge in [-0.25, -0.2) is 0 Å². The maximum Gasteiger partial charge on any atom is 0.0226 e. The molecule has 0 radical (unpaired) electrons. The van der Waals surface area contributed by atoms with E-state index in [1.165, 1.54) is 45.6 Å². The van der Waals surface area contributed by atoms with E-state index < -0.39 is 0 Å². The summed E-state index contributed by atoms with van der Waals surface area (Å²) < 4.78 is 0. The van der Waals surface area contributed by atoms with Crippen molar-refractivity contribution in [3.8, 4) is 0 Å². The normalized spacial score (nSPS) is 25.8. The number of hydrogen-bond donors (Lipinski definition) is 1. The molecule has 0 aromatic heterocycles. The van der Waals surface area contributed by atoms with Crippen LogP contribution >= 0.6 is 0 Å². The fraction of sp³-hybridized carbons (Fsp3) is 1.00. The fourth-order valence-electron chi connectivity index (χ4n) is 2.37. The van der Waals surface area contributed by atoms with Gasteiger partial charge in [-0.1, -0.05) is 0 Å². The number of nitrogens with two attached hydrogens (primary N) is 1. The summed E-state index contributed by atoms with van der Waals surface area (Å²) in [6.45, 7) is 11.5. The van der Waals surface area contributed by atoms with E-state index in [0.29, 0.717) is 0 Å². The Bertz CT molecular complexity index is 197. The lowest BCUT2D eigenvalue weighted by Gasteiger charge is -2.37. The zero-order valence-corrected chi connectivity index (χ0v) is 10.2. The number of hydrogen-bond acceptors (Lipinski definition) is 3. The lowest BCUT2D eigenvalue weighted by molar-refractivity contribution is 0.113. The molecule has 1 aliphatic heterocycles. The Morgan fingerprint density at radius 2 is 1.60 bits per heavy atom. The third-order valence-electron chi connectivity index (χ3n) is 3.31. The molecule has 0 spiro atoms. The van der Waals surface area contributed by atoms with E-state index in [0.717, 1.165) is 12.5 Å². The van der Waals surface area contributed by atoms with Crippen LogP contribution in [0, 0.1) is 5.92 Å². The Balaban J connectivity index is 1.67. The molecular weight excluding hydrogens is 186 g/mol. The van der Waals surface area contributed by atoms with Crippen molar-refractivity contribution >= 4 is 0 Å². The summed E-state index contributed by atoms with van der Waals surface area (Å²) in [5, 5.41) is 0. The minimum absolute atomic E-state index is 0.0430. The molecule has 0 aromatic carbocycles. The van der Waals surface area contributed by atoms with Crippen molar-refractivity contribution in [2.45, 2.75) is 32.2 Å². The van der Waals surface area contributed by atoms with Crippen LogP contribution in [0.2, 0.25) is 0 Å². The van der Waals surface area contributed by atoms with Crippen molar-refractivity contribution in [2.75, 3.05) is 39.3 Å². The second-order valence-corrected chi connectivity index (χ2v) is 6.01. The van der Waals surface area contributed by atoms with Crippen LogP contribution in [0.3, 0.4) is 0 Å². The molecule has 2 fully saturated rings. The van der Waals surface area contributed by atoms with Gasteiger partial charge in [-0.2, -0.15) is 0 Å². The number of piperazine rings is 1. The fourth-order valence-corrected chi connectivity index (χ4v) is 2.37. The largest absolute Gasteiger partial charge is 0.324 e.